The Morgan fingerprint density at radius 2 is 1.91 bits per heavy atom. The maximum atomic E-state index is 12.3. The normalized spacial score (nSPS) is 16.7. The van der Waals surface area contributed by atoms with E-state index in [1.165, 1.54) is 24.3 Å². The van der Waals surface area contributed by atoms with Crippen LogP contribution in [-0.4, -0.2) is 65.8 Å². The average molecular weight is 320 g/mol. The van der Waals surface area contributed by atoms with Crippen LogP contribution in [0.5, 0.6) is 0 Å². The number of nitrogens with zero attached hydrogens (tertiary/aromatic N) is 3. The molecule has 2 rings (SSSR count). The molecule has 124 valence electrons. The Balaban J connectivity index is 1.97. The second-order valence-corrected chi connectivity index (χ2v) is 5.63. The van der Waals surface area contributed by atoms with Crippen LogP contribution in [0.3, 0.4) is 0 Å². The molecule has 1 N–H and O–H groups in total. The van der Waals surface area contributed by atoms with Gasteiger partial charge in [-0.2, -0.15) is 0 Å². The van der Waals surface area contributed by atoms with Crippen molar-refractivity contribution in [2.24, 2.45) is 0 Å². The van der Waals surface area contributed by atoms with E-state index in [0.717, 1.165) is 13.1 Å². The molecule has 0 bridgehead atoms. The number of nitro groups is 1. The predicted octanol–water partition coefficient (Wildman–Crippen LogP) is 0.487. The molecule has 0 aliphatic carbocycles. The minimum absolute atomic E-state index is 0.142. The lowest BCUT2D eigenvalue weighted by Crippen LogP contribution is -2.53. The molecule has 0 radical (unpaired) electrons. The minimum atomic E-state index is -0.676. The zero-order valence-corrected chi connectivity index (χ0v) is 13.2. The number of carbonyl (C=O) groups is 2. The molecule has 1 aliphatic heterocycles. The number of nitrogens with one attached hydrogen (secondary N) is 1. The number of benzene rings is 1. The van der Waals surface area contributed by atoms with Crippen LogP contribution in [-0.2, 0) is 4.79 Å². The summed E-state index contributed by atoms with van der Waals surface area (Å²) in [5, 5.41) is 13.4. The Morgan fingerprint density at radius 3 is 2.52 bits per heavy atom. The third-order valence-corrected chi connectivity index (χ3v) is 3.85. The van der Waals surface area contributed by atoms with E-state index in [2.05, 4.69) is 10.2 Å². The number of hydrogen-bond acceptors (Lipinski definition) is 5. The maximum absolute atomic E-state index is 12.3. The SMILES string of the molecule is C[C@@H](NC(=O)c1cccc([N+](=O)[O-])c1)C(=O)N1CCN(C)CC1. The third kappa shape index (κ3) is 4.26. The standard InChI is InChI=1S/C15H20N4O4/c1-11(15(21)18-8-6-17(2)7-9-18)16-14(20)12-4-3-5-13(10-12)19(22)23/h3-5,10-11H,6-9H2,1-2H3,(H,16,20)/t11-/m1/s1. The molecule has 0 unspecified atom stereocenters. The van der Waals surface area contributed by atoms with E-state index in [1.807, 2.05) is 7.05 Å². The zero-order chi connectivity index (χ0) is 17.0. The zero-order valence-electron chi connectivity index (χ0n) is 13.2. The van der Waals surface area contributed by atoms with Crippen molar-refractivity contribution in [1.29, 1.82) is 0 Å². The number of rotatable bonds is 4. The molecular formula is C15H20N4O4. The van der Waals surface area contributed by atoms with Crippen LogP contribution in [0.15, 0.2) is 24.3 Å². The fourth-order valence-corrected chi connectivity index (χ4v) is 2.40. The quantitative estimate of drug-likeness (QED) is 0.643. The number of likely N-dealkylation sites (N-methyl/N-ethyl adjacent to an activating group) is 1. The molecule has 1 aromatic carbocycles. The van der Waals surface area contributed by atoms with Crippen LogP contribution < -0.4 is 5.32 Å². The Kier molecular flexibility index (Phi) is 5.28. The van der Waals surface area contributed by atoms with Gasteiger partial charge in [-0.05, 0) is 20.0 Å². The van der Waals surface area contributed by atoms with Crippen LogP contribution in [0.1, 0.15) is 17.3 Å². The van der Waals surface area contributed by atoms with Gasteiger partial charge in [0.15, 0.2) is 0 Å². The summed E-state index contributed by atoms with van der Waals surface area (Å²) in [5.74, 6) is -0.638. The highest BCUT2D eigenvalue weighted by molar-refractivity contribution is 5.97. The summed E-state index contributed by atoms with van der Waals surface area (Å²) in [6, 6.07) is 4.76. The van der Waals surface area contributed by atoms with Crippen molar-refractivity contribution in [3.05, 3.63) is 39.9 Å². The summed E-state index contributed by atoms with van der Waals surface area (Å²) < 4.78 is 0. The first-order valence-corrected chi connectivity index (χ1v) is 7.41. The van der Waals surface area contributed by atoms with Crippen LogP contribution in [0, 0.1) is 10.1 Å². The van der Waals surface area contributed by atoms with E-state index in [4.69, 9.17) is 0 Å². The van der Waals surface area contributed by atoms with Crippen molar-refractivity contribution in [3.63, 3.8) is 0 Å². The van der Waals surface area contributed by atoms with Gasteiger partial charge in [-0.3, -0.25) is 19.7 Å². The van der Waals surface area contributed by atoms with Crippen LogP contribution in [0.25, 0.3) is 0 Å². The summed E-state index contributed by atoms with van der Waals surface area (Å²) in [4.78, 5) is 38.5. The molecule has 1 aromatic rings. The first kappa shape index (κ1) is 16.9. The first-order valence-electron chi connectivity index (χ1n) is 7.41. The topological polar surface area (TPSA) is 95.8 Å². The molecule has 0 saturated carbocycles. The predicted molar refractivity (Wildman–Crippen MR) is 84.1 cm³/mol. The highest BCUT2D eigenvalue weighted by Gasteiger charge is 2.25. The number of amides is 2. The molecule has 8 nitrogen and oxygen atoms in total. The van der Waals surface area contributed by atoms with Gasteiger partial charge < -0.3 is 15.1 Å². The van der Waals surface area contributed by atoms with Gasteiger partial charge in [0.1, 0.15) is 6.04 Å². The molecule has 1 atom stereocenters. The van der Waals surface area contributed by atoms with Gasteiger partial charge in [0.2, 0.25) is 5.91 Å². The van der Waals surface area contributed by atoms with Crippen molar-refractivity contribution in [2.45, 2.75) is 13.0 Å². The van der Waals surface area contributed by atoms with Gasteiger partial charge >= 0.3 is 0 Å². The molecule has 2 amide bonds. The highest BCUT2D eigenvalue weighted by Crippen LogP contribution is 2.13. The Bertz CT molecular complexity index is 611. The monoisotopic (exact) mass is 320 g/mol. The molecule has 0 spiro atoms. The van der Waals surface area contributed by atoms with E-state index >= 15 is 0 Å². The molecule has 1 aliphatic rings. The fourth-order valence-electron chi connectivity index (χ4n) is 2.40. The lowest BCUT2D eigenvalue weighted by Gasteiger charge is -2.34. The molecule has 1 heterocycles. The Hall–Kier alpha value is -2.48. The van der Waals surface area contributed by atoms with Gasteiger partial charge in [0.25, 0.3) is 11.6 Å². The van der Waals surface area contributed by atoms with E-state index in [9.17, 15) is 19.7 Å². The summed E-state index contributed by atoms with van der Waals surface area (Å²) >= 11 is 0. The Labute approximate surface area is 134 Å². The van der Waals surface area contributed by atoms with E-state index in [0.29, 0.717) is 13.1 Å². The van der Waals surface area contributed by atoms with Crippen LogP contribution >= 0.6 is 0 Å². The van der Waals surface area contributed by atoms with Gasteiger partial charge in [0, 0.05) is 43.9 Å². The molecule has 0 aromatic heterocycles. The summed E-state index contributed by atoms with van der Waals surface area (Å²) in [6.07, 6.45) is 0. The second-order valence-electron chi connectivity index (χ2n) is 5.63. The van der Waals surface area contributed by atoms with Gasteiger partial charge in [-0.25, -0.2) is 0 Å². The summed E-state index contributed by atoms with van der Waals surface area (Å²) in [5.41, 5.74) is 0.00734. The van der Waals surface area contributed by atoms with Crippen molar-refractivity contribution < 1.29 is 14.5 Å². The fraction of sp³-hybridized carbons (Fsp3) is 0.467. The highest BCUT2D eigenvalue weighted by atomic mass is 16.6. The van der Waals surface area contributed by atoms with Gasteiger partial charge in [-0.1, -0.05) is 6.07 Å². The molecule has 1 fully saturated rings. The molecule has 23 heavy (non-hydrogen) atoms. The van der Waals surface area contributed by atoms with E-state index in [1.54, 1.807) is 11.8 Å². The smallest absolute Gasteiger partial charge is 0.270 e. The summed E-state index contributed by atoms with van der Waals surface area (Å²) in [6.45, 7) is 4.49. The molecule has 8 heteroatoms. The number of nitro benzene ring substituents is 1. The first-order chi connectivity index (χ1) is 10.9. The number of piperazine rings is 1. The minimum Gasteiger partial charge on any atom is -0.341 e. The number of hydrogen-bond donors (Lipinski definition) is 1. The Morgan fingerprint density at radius 1 is 1.26 bits per heavy atom. The largest absolute Gasteiger partial charge is 0.341 e. The molecule has 1 saturated heterocycles. The number of non-ortho nitro benzene ring substituents is 1. The van der Waals surface area contributed by atoms with Gasteiger partial charge in [-0.15, -0.1) is 0 Å². The van der Waals surface area contributed by atoms with Crippen LogP contribution in [0.2, 0.25) is 0 Å². The molecular weight excluding hydrogens is 300 g/mol. The maximum Gasteiger partial charge on any atom is 0.270 e. The summed E-state index contributed by atoms with van der Waals surface area (Å²) in [7, 11) is 2.00. The average Bonchev–Trinajstić information content (AvgIpc) is 2.54. The van der Waals surface area contributed by atoms with Crippen molar-refractivity contribution in [2.75, 3.05) is 33.2 Å². The third-order valence-electron chi connectivity index (χ3n) is 3.85. The lowest BCUT2D eigenvalue weighted by atomic mass is 10.1. The van der Waals surface area contributed by atoms with E-state index < -0.39 is 16.9 Å². The lowest BCUT2D eigenvalue weighted by molar-refractivity contribution is -0.384. The van der Waals surface area contributed by atoms with Crippen LogP contribution in [0.4, 0.5) is 5.69 Å². The van der Waals surface area contributed by atoms with Crippen molar-refractivity contribution in [3.8, 4) is 0 Å². The second kappa shape index (κ2) is 7.19. The van der Waals surface area contributed by atoms with E-state index in [-0.39, 0.29) is 17.2 Å². The van der Waals surface area contributed by atoms with Crippen molar-refractivity contribution in [1.82, 2.24) is 15.1 Å². The number of carbonyl (C=O) groups excluding carboxylic acids is 2. The van der Waals surface area contributed by atoms with Crippen molar-refractivity contribution >= 4 is 17.5 Å². The van der Waals surface area contributed by atoms with Gasteiger partial charge in [0.05, 0.1) is 4.92 Å².